The fourth-order valence-corrected chi connectivity index (χ4v) is 5.09. The Morgan fingerprint density at radius 1 is 1.42 bits per heavy atom. The Bertz CT molecular complexity index is 878. The van der Waals surface area contributed by atoms with Crippen LogP contribution >= 0.6 is 58.3 Å². The van der Waals surface area contributed by atoms with Crippen LogP contribution in [0.2, 0.25) is 0 Å². The van der Waals surface area contributed by atoms with Gasteiger partial charge in [0.1, 0.15) is 36.3 Å². The van der Waals surface area contributed by atoms with Gasteiger partial charge in [-0.3, -0.25) is 14.5 Å². The molecule has 0 aromatic rings. The van der Waals surface area contributed by atoms with Crippen LogP contribution in [0, 0.1) is 0 Å². The molecule has 15 heteroatoms. The smallest absolute Gasteiger partial charge is 0.354 e. The normalized spacial score (nSPS) is 28.0. The summed E-state index contributed by atoms with van der Waals surface area (Å²) in [5.41, 5.74) is 5.68. The Morgan fingerprint density at radius 3 is 2.71 bits per heavy atom. The minimum Gasteiger partial charge on any atom is -0.456 e. The van der Waals surface area contributed by atoms with Crippen molar-refractivity contribution in [1.29, 1.82) is 0 Å². The van der Waals surface area contributed by atoms with Gasteiger partial charge >= 0.3 is 5.97 Å². The highest BCUT2D eigenvalue weighted by Gasteiger charge is 2.54. The van der Waals surface area contributed by atoms with E-state index in [4.69, 9.17) is 50.1 Å². The fourth-order valence-electron chi connectivity index (χ4n) is 2.94. The molecule has 3 heterocycles. The number of oxime groups is 1. The van der Waals surface area contributed by atoms with Crippen molar-refractivity contribution in [2.24, 2.45) is 10.9 Å². The van der Waals surface area contributed by atoms with Crippen LogP contribution < -0.4 is 16.4 Å². The molecule has 0 radical (unpaired) electrons. The van der Waals surface area contributed by atoms with Crippen molar-refractivity contribution in [3.63, 3.8) is 0 Å². The highest BCUT2D eigenvalue weighted by Crippen LogP contribution is 2.41. The summed E-state index contributed by atoms with van der Waals surface area (Å²) in [4.78, 5) is 44.0. The number of hydrogen-bond acceptors (Lipinski definition) is 10. The number of amides is 2. The number of rotatable bonds is 6. The maximum absolute atomic E-state index is 12.8. The van der Waals surface area contributed by atoms with Crippen LogP contribution in [0.25, 0.3) is 0 Å². The van der Waals surface area contributed by atoms with Gasteiger partial charge in [-0.1, -0.05) is 51.7 Å². The van der Waals surface area contributed by atoms with Gasteiger partial charge in [0, 0.05) is 10.7 Å². The fraction of sp³-hybridized carbons (Fsp3) is 0.500. The molecule has 3 rings (SSSR count). The molecule has 170 valence electrons. The summed E-state index contributed by atoms with van der Waals surface area (Å²) in [5, 5.41) is 10.2. The second-order valence-corrected chi connectivity index (χ2v) is 11.5. The van der Waals surface area contributed by atoms with Crippen molar-refractivity contribution in [3.8, 4) is 0 Å². The molecular weight excluding hydrogens is 513 g/mol. The van der Waals surface area contributed by atoms with Crippen molar-refractivity contribution < 1.29 is 24.0 Å². The molecule has 4 atom stereocenters. The molecular formula is C16H18Cl3N5O5S2. The van der Waals surface area contributed by atoms with Crippen molar-refractivity contribution >= 4 is 81.8 Å². The molecule has 0 aromatic heterocycles. The average Bonchev–Trinajstić information content (AvgIpc) is 3.12. The van der Waals surface area contributed by atoms with E-state index < -0.39 is 45.1 Å². The number of nitrogens with two attached hydrogens (primary N) is 1. The zero-order chi connectivity index (χ0) is 22.9. The first-order chi connectivity index (χ1) is 14.5. The van der Waals surface area contributed by atoms with Crippen molar-refractivity contribution in [1.82, 2.24) is 15.5 Å². The van der Waals surface area contributed by atoms with Crippen LogP contribution in [-0.4, -0.2) is 68.1 Å². The molecule has 1 fully saturated rings. The summed E-state index contributed by atoms with van der Waals surface area (Å²) in [5.74, 6) is -1.91. The van der Waals surface area contributed by atoms with Gasteiger partial charge in [-0.2, -0.15) is 0 Å². The first-order valence-electron chi connectivity index (χ1n) is 8.76. The van der Waals surface area contributed by atoms with E-state index in [0.29, 0.717) is 5.70 Å². The van der Waals surface area contributed by atoms with Crippen LogP contribution in [0.3, 0.4) is 0 Å². The van der Waals surface area contributed by atoms with E-state index in [1.807, 2.05) is 6.92 Å². The van der Waals surface area contributed by atoms with Crippen LogP contribution in [0.15, 0.2) is 28.0 Å². The van der Waals surface area contributed by atoms with E-state index in [-0.39, 0.29) is 16.7 Å². The summed E-state index contributed by atoms with van der Waals surface area (Å²) in [6, 6.07) is -0.880. The van der Waals surface area contributed by atoms with E-state index in [9.17, 15) is 14.4 Å². The lowest BCUT2D eigenvalue weighted by Crippen LogP contribution is -2.71. The number of carbonyl (C=O) groups is 3. The van der Waals surface area contributed by atoms with Gasteiger partial charge in [0.25, 0.3) is 11.8 Å². The maximum atomic E-state index is 12.8. The summed E-state index contributed by atoms with van der Waals surface area (Å²) in [6.07, 6.45) is 1.58. The summed E-state index contributed by atoms with van der Waals surface area (Å²) < 4.78 is 3.22. The molecule has 3 aliphatic heterocycles. The number of alkyl halides is 3. The number of nitrogens with zero attached hydrogens (tertiary/aromatic N) is 2. The molecule has 3 aliphatic rings. The van der Waals surface area contributed by atoms with Gasteiger partial charge < -0.3 is 25.9 Å². The van der Waals surface area contributed by atoms with Crippen molar-refractivity contribution in [2.75, 3.05) is 13.7 Å². The largest absolute Gasteiger partial charge is 0.456 e. The number of nitrogens with one attached hydrogen (secondary N) is 2. The molecule has 1 saturated heterocycles. The highest BCUT2D eigenvalue weighted by molar-refractivity contribution is 8.03. The first kappa shape index (κ1) is 24.3. The predicted octanol–water partition coefficient (Wildman–Crippen LogP) is 0.995. The number of hydrogen-bond donors (Lipinski definition) is 3. The molecule has 31 heavy (non-hydrogen) atoms. The molecule has 3 unspecified atom stereocenters. The SMILES string of the molecule is CON=C(C(=O)NC1C(=O)N2C(C(=O)OCC(Cl)(Cl)Cl)=CC(C)S[C@H]12)C1=CSC(N)N1. The number of carbonyl (C=O) groups excluding carboxylic acids is 3. The van der Waals surface area contributed by atoms with Crippen LogP contribution in [0.1, 0.15) is 6.92 Å². The molecule has 0 bridgehead atoms. The van der Waals surface area contributed by atoms with Crippen LogP contribution in [-0.2, 0) is 24.0 Å². The Balaban J connectivity index is 1.70. The zero-order valence-electron chi connectivity index (χ0n) is 16.1. The zero-order valence-corrected chi connectivity index (χ0v) is 20.0. The molecule has 0 aliphatic carbocycles. The third-order valence-corrected chi connectivity index (χ3v) is 6.63. The number of thioether (sulfide) groups is 2. The number of fused-ring (bicyclic) bond motifs is 1. The second kappa shape index (κ2) is 9.67. The third-order valence-electron chi connectivity index (χ3n) is 4.20. The van der Waals surface area contributed by atoms with Crippen LogP contribution in [0.4, 0.5) is 0 Å². The van der Waals surface area contributed by atoms with E-state index in [1.165, 1.54) is 35.5 Å². The molecule has 4 N–H and O–H groups in total. The molecule has 2 amide bonds. The minimum atomic E-state index is -1.78. The molecule has 0 spiro atoms. The minimum absolute atomic E-state index is 0.0364. The van der Waals surface area contributed by atoms with Gasteiger partial charge in [0.2, 0.25) is 3.79 Å². The Morgan fingerprint density at radius 2 is 2.13 bits per heavy atom. The van der Waals surface area contributed by atoms with Gasteiger partial charge in [-0.25, -0.2) is 4.79 Å². The topological polar surface area (TPSA) is 135 Å². The summed E-state index contributed by atoms with van der Waals surface area (Å²) >= 11 is 19.5. The van der Waals surface area contributed by atoms with Gasteiger partial charge in [-0.05, 0) is 13.0 Å². The lowest BCUT2D eigenvalue weighted by atomic mass is 10.0. The number of halogens is 3. The predicted molar refractivity (Wildman–Crippen MR) is 120 cm³/mol. The number of β-lactam (4-membered cyclic amide) rings is 1. The molecule has 0 saturated carbocycles. The van der Waals surface area contributed by atoms with E-state index in [0.717, 1.165) is 0 Å². The lowest BCUT2D eigenvalue weighted by Gasteiger charge is -2.49. The van der Waals surface area contributed by atoms with Crippen molar-refractivity contribution in [2.45, 2.75) is 32.9 Å². The number of esters is 1. The van der Waals surface area contributed by atoms with E-state index in [2.05, 4.69) is 15.8 Å². The molecule has 10 nitrogen and oxygen atoms in total. The van der Waals surface area contributed by atoms with Gasteiger partial charge in [-0.15, -0.1) is 11.8 Å². The summed E-state index contributed by atoms with van der Waals surface area (Å²) in [7, 11) is 1.30. The standard InChI is InChI=1S/C16H18Cl3N5O5S2/c1-6-3-8(14(27)29-5-16(17,18)19)24-12(26)10(13(24)31-6)22-11(25)9(23-28-2)7-4-30-15(20)21-7/h3-4,6,10,13,15,21H,5,20H2,1-2H3,(H,22,25)/t6?,10?,13-,15?/m1/s1. The van der Waals surface area contributed by atoms with Gasteiger partial charge in [0.05, 0.1) is 5.70 Å². The second-order valence-electron chi connectivity index (χ2n) is 6.49. The Hall–Kier alpha value is -1.31. The van der Waals surface area contributed by atoms with Gasteiger partial charge in [0.15, 0.2) is 5.71 Å². The number of ether oxygens (including phenoxy) is 1. The van der Waals surface area contributed by atoms with Crippen LogP contribution in [0.5, 0.6) is 0 Å². The highest BCUT2D eigenvalue weighted by atomic mass is 35.6. The maximum Gasteiger partial charge on any atom is 0.354 e. The third kappa shape index (κ3) is 5.55. The Labute approximate surface area is 201 Å². The average molecular weight is 531 g/mol. The van der Waals surface area contributed by atoms with E-state index >= 15 is 0 Å². The van der Waals surface area contributed by atoms with E-state index in [1.54, 1.807) is 11.5 Å². The quantitative estimate of drug-likeness (QED) is 0.151. The summed E-state index contributed by atoms with van der Waals surface area (Å²) in [6.45, 7) is 1.37. The Kier molecular flexibility index (Phi) is 7.59. The van der Waals surface area contributed by atoms with Crippen molar-refractivity contribution in [3.05, 3.63) is 22.9 Å². The molecule has 0 aromatic carbocycles. The first-order valence-corrected chi connectivity index (χ1v) is 11.8. The monoisotopic (exact) mass is 529 g/mol. The lowest BCUT2D eigenvalue weighted by molar-refractivity contribution is -0.152.